The van der Waals surface area contributed by atoms with Crippen molar-refractivity contribution in [3.8, 4) is 11.5 Å². The molecule has 0 radical (unpaired) electrons. The van der Waals surface area contributed by atoms with E-state index in [1.807, 2.05) is 31.2 Å². The van der Waals surface area contributed by atoms with E-state index in [9.17, 15) is 9.59 Å². The molecule has 1 heterocycles. The lowest BCUT2D eigenvalue weighted by Gasteiger charge is -2.35. The monoisotopic (exact) mass is 354 g/mol. The first-order valence-corrected chi connectivity index (χ1v) is 8.49. The number of methoxy groups -OCH3 is 1. The Morgan fingerprint density at radius 1 is 1.04 bits per heavy atom. The summed E-state index contributed by atoms with van der Waals surface area (Å²) in [6.45, 7) is 2.93. The molecule has 0 spiro atoms. The largest absolute Gasteiger partial charge is 0.497 e. The van der Waals surface area contributed by atoms with Crippen LogP contribution in [0.1, 0.15) is 5.56 Å². The predicted octanol–water partition coefficient (Wildman–Crippen LogP) is 2.26. The van der Waals surface area contributed by atoms with Gasteiger partial charge in [0.2, 0.25) is 5.91 Å². The van der Waals surface area contributed by atoms with Gasteiger partial charge in [0.1, 0.15) is 18.0 Å². The van der Waals surface area contributed by atoms with E-state index in [4.69, 9.17) is 9.47 Å². The number of nitrogens with zero attached hydrogens (tertiary/aromatic N) is 2. The number of carbonyl (C=O) groups is 2. The number of anilines is 1. The first-order valence-electron chi connectivity index (χ1n) is 8.49. The summed E-state index contributed by atoms with van der Waals surface area (Å²) in [5, 5.41) is 0. The average Bonchev–Trinajstić information content (AvgIpc) is 2.67. The Morgan fingerprint density at radius 3 is 2.38 bits per heavy atom. The number of para-hydroxylation sites is 1. The zero-order valence-corrected chi connectivity index (χ0v) is 15.0. The highest BCUT2D eigenvalue weighted by Crippen LogP contribution is 2.22. The van der Waals surface area contributed by atoms with Crippen molar-refractivity contribution in [3.63, 3.8) is 0 Å². The van der Waals surface area contributed by atoms with Gasteiger partial charge in [0.25, 0.3) is 5.91 Å². The normalized spacial score (nSPS) is 14.3. The van der Waals surface area contributed by atoms with E-state index in [1.165, 1.54) is 0 Å². The highest BCUT2D eigenvalue weighted by Gasteiger charge is 2.28. The second-order valence-electron chi connectivity index (χ2n) is 6.11. The first kappa shape index (κ1) is 17.8. The van der Waals surface area contributed by atoms with Crippen LogP contribution in [-0.4, -0.2) is 50.1 Å². The summed E-state index contributed by atoms with van der Waals surface area (Å²) >= 11 is 0. The zero-order valence-electron chi connectivity index (χ0n) is 15.0. The third-order valence-electron chi connectivity index (χ3n) is 4.40. The van der Waals surface area contributed by atoms with Gasteiger partial charge in [-0.05, 0) is 42.8 Å². The maximum atomic E-state index is 12.5. The number of rotatable bonds is 5. The molecule has 1 aliphatic heterocycles. The zero-order chi connectivity index (χ0) is 18.5. The molecule has 136 valence electrons. The van der Waals surface area contributed by atoms with Crippen molar-refractivity contribution in [1.82, 2.24) is 4.90 Å². The Hall–Kier alpha value is -3.02. The van der Waals surface area contributed by atoms with Crippen molar-refractivity contribution in [3.05, 3.63) is 54.1 Å². The Balaban J connectivity index is 1.55. The number of hydrogen-bond donors (Lipinski definition) is 0. The van der Waals surface area contributed by atoms with Gasteiger partial charge in [0.15, 0.2) is 6.61 Å². The van der Waals surface area contributed by atoms with Crippen LogP contribution in [-0.2, 0) is 9.59 Å². The van der Waals surface area contributed by atoms with Crippen LogP contribution in [0.25, 0.3) is 0 Å². The molecule has 2 aromatic carbocycles. The lowest BCUT2D eigenvalue weighted by molar-refractivity contribution is -0.138. The molecule has 0 bridgehead atoms. The van der Waals surface area contributed by atoms with Crippen LogP contribution in [0.2, 0.25) is 0 Å². The molecule has 2 amide bonds. The highest BCUT2D eigenvalue weighted by atomic mass is 16.5. The molecule has 0 aromatic heterocycles. The number of ether oxygens (including phenoxy) is 2. The Labute approximate surface area is 152 Å². The van der Waals surface area contributed by atoms with Crippen LogP contribution in [0.4, 0.5) is 5.69 Å². The van der Waals surface area contributed by atoms with Gasteiger partial charge < -0.3 is 19.3 Å². The number of benzene rings is 2. The van der Waals surface area contributed by atoms with Gasteiger partial charge in [0.05, 0.1) is 7.11 Å². The van der Waals surface area contributed by atoms with E-state index in [-0.39, 0.29) is 25.0 Å². The summed E-state index contributed by atoms with van der Waals surface area (Å²) in [5.41, 5.74) is 1.95. The van der Waals surface area contributed by atoms with Gasteiger partial charge in [-0.3, -0.25) is 9.59 Å². The maximum Gasteiger partial charge on any atom is 0.261 e. The van der Waals surface area contributed by atoms with E-state index in [0.29, 0.717) is 18.8 Å². The minimum atomic E-state index is -0.196. The van der Waals surface area contributed by atoms with Crippen molar-refractivity contribution in [2.45, 2.75) is 6.92 Å². The molecule has 1 fully saturated rings. The van der Waals surface area contributed by atoms with E-state index in [1.54, 1.807) is 41.2 Å². The van der Waals surface area contributed by atoms with Gasteiger partial charge >= 0.3 is 0 Å². The predicted molar refractivity (Wildman–Crippen MR) is 98.6 cm³/mol. The fourth-order valence-corrected chi connectivity index (χ4v) is 2.92. The quantitative estimate of drug-likeness (QED) is 0.826. The molecular weight excluding hydrogens is 332 g/mol. The summed E-state index contributed by atoms with van der Waals surface area (Å²) in [6, 6.07) is 14.8. The molecule has 0 unspecified atom stereocenters. The van der Waals surface area contributed by atoms with Crippen LogP contribution in [0.3, 0.4) is 0 Å². The molecule has 0 saturated carbocycles. The molecule has 6 nitrogen and oxygen atoms in total. The number of aryl methyl sites for hydroxylation is 1. The molecular formula is C20H22N2O4. The minimum Gasteiger partial charge on any atom is -0.497 e. The maximum absolute atomic E-state index is 12.5. The lowest BCUT2D eigenvalue weighted by Crippen LogP contribution is -2.53. The van der Waals surface area contributed by atoms with Crippen LogP contribution in [0.15, 0.2) is 48.5 Å². The van der Waals surface area contributed by atoms with Gasteiger partial charge in [-0.1, -0.05) is 18.2 Å². The molecule has 0 aliphatic carbocycles. The number of amides is 2. The molecule has 2 aromatic rings. The standard InChI is InChI=1S/C20H22N2O4/c1-15-5-3-4-6-18(15)22-12-11-21(13-19(22)23)20(24)14-26-17-9-7-16(25-2)8-10-17/h3-10H,11-14H2,1-2H3. The van der Waals surface area contributed by atoms with Crippen LogP contribution < -0.4 is 14.4 Å². The average molecular weight is 354 g/mol. The number of hydrogen-bond acceptors (Lipinski definition) is 4. The smallest absolute Gasteiger partial charge is 0.261 e. The summed E-state index contributed by atoms with van der Waals surface area (Å²) in [6.07, 6.45) is 0. The number of piperazine rings is 1. The van der Waals surface area contributed by atoms with Gasteiger partial charge in [-0.15, -0.1) is 0 Å². The molecule has 6 heteroatoms. The van der Waals surface area contributed by atoms with E-state index >= 15 is 0 Å². The topological polar surface area (TPSA) is 59.1 Å². The van der Waals surface area contributed by atoms with Crippen molar-refractivity contribution >= 4 is 17.5 Å². The third-order valence-corrected chi connectivity index (χ3v) is 4.40. The molecule has 0 N–H and O–H groups in total. The van der Waals surface area contributed by atoms with Crippen molar-refractivity contribution in [2.75, 3.05) is 38.3 Å². The minimum absolute atomic E-state index is 0.0686. The van der Waals surface area contributed by atoms with Crippen molar-refractivity contribution < 1.29 is 19.1 Å². The van der Waals surface area contributed by atoms with E-state index < -0.39 is 0 Å². The van der Waals surface area contributed by atoms with E-state index in [2.05, 4.69) is 0 Å². The van der Waals surface area contributed by atoms with Gasteiger partial charge in [-0.2, -0.15) is 0 Å². The second-order valence-corrected chi connectivity index (χ2v) is 6.11. The fourth-order valence-electron chi connectivity index (χ4n) is 2.92. The molecule has 1 aliphatic rings. The summed E-state index contributed by atoms with van der Waals surface area (Å²) in [5.74, 6) is 1.03. The van der Waals surface area contributed by atoms with Gasteiger partial charge in [0, 0.05) is 18.8 Å². The summed E-state index contributed by atoms with van der Waals surface area (Å²) < 4.78 is 10.6. The molecule has 3 rings (SSSR count). The number of carbonyl (C=O) groups excluding carboxylic acids is 2. The molecule has 0 atom stereocenters. The molecule has 1 saturated heterocycles. The first-order chi connectivity index (χ1) is 12.6. The van der Waals surface area contributed by atoms with Crippen molar-refractivity contribution in [2.24, 2.45) is 0 Å². The van der Waals surface area contributed by atoms with Crippen LogP contribution in [0, 0.1) is 6.92 Å². The third kappa shape index (κ3) is 3.96. The van der Waals surface area contributed by atoms with Crippen LogP contribution in [0.5, 0.6) is 11.5 Å². The Morgan fingerprint density at radius 2 is 1.73 bits per heavy atom. The van der Waals surface area contributed by atoms with Gasteiger partial charge in [-0.25, -0.2) is 0 Å². The summed E-state index contributed by atoms with van der Waals surface area (Å²) in [4.78, 5) is 28.1. The molecule has 26 heavy (non-hydrogen) atoms. The second kappa shape index (κ2) is 7.91. The lowest BCUT2D eigenvalue weighted by atomic mass is 10.1. The summed E-state index contributed by atoms with van der Waals surface area (Å²) in [7, 11) is 1.59. The highest BCUT2D eigenvalue weighted by molar-refractivity contribution is 5.98. The fraction of sp³-hybridized carbons (Fsp3) is 0.300. The van der Waals surface area contributed by atoms with E-state index in [0.717, 1.165) is 17.0 Å². The van der Waals surface area contributed by atoms with Crippen LogP contribution >= 0.6 is 0 Å². The van der Waals surface area contributed by atoms with Crippen molar-refractivity contribution in [1.29, 1.82) is 0 Å². The Kier molecular flexibility index (Phi) is 5.41. The Bertz CT molecular complexity index is 789. The SMILES string of the molecule is COc1ccc(OCC(=O)N2CCN(c3ccccc3C)C(=O)C2)cc1.